The van der Waals surface area contributed by atoms with Gasteiger partial charge in [-0.25, -0.2) is 9.97 Å². The highest BCUT2D eigenvalue weighted by Crippen LogP contribution is 2.40. The Kier molecular flexibility index (Phi) is 7.88. The van der Waals surface area contributed by atoms with Crippen molar-refractivity contribution in [2.45, 2.75) is 57.5 Å². The minimum absolute atomic E-state index is 0.0901. The zero-order valence-corrected chi connectivity index (χ0v) is 22.6. The fraction of sp³-hybridized carbons (Fsp3) is 0.500. The third-order valence-electron chi connectivity index (χ3n) is 7.47. The van der Waals surface area contributed by atoms with Crippen molar-refractivity contribution in [1.82, 2.24) is 19.5 Å². The summed E-state index contributed by atoms with van der Waals surface area (Å²) in [4.78, 5) is 25.7. The first kappa shape index (κ1) is 26.5. The number of ether oxygens (including phenoxy) is 1. The van der Waals surface area contributed by atoms with Gasteiger partial charge in [0.2, 0.25) is 17.8 Å². The zero-order chi connectivity index (χ0) is 26.8. The van der Waals surface area contributed by atoms with E-state index in [2.05, 4.69) is 33.2 Å². The Hall–Kier alpha value is -3.13. The molecule has 1 saturated carbocycles. The fourth-order valence-electron chi connectivity index (χ4n) is 5.42. The molecule has 1 aromatic carbocycles. The zero-order valence-electron chi connectivity index (χ0n) is 21.1. The quantitative estimate of drug-likeness (QED) is 0.360. The average Bonchev–Trinajstić information content (AvgIpc) is 3.25. The number of fused-ring (bicyclic) bond motifs is 1. The van der Waals surface area contributed by atoms with Gasteiger partial charge in [-0.2, -0.15) is 10.2 Å². The number of nitrogens with zero attached hydrogens (tertiary/aromatic N) is 5. The van der Waals surface area contributed by atoms with Crippen molar-refractivity contribution in [1.29, 1.82) is 5.26 Å². The highest BCUT2D eigenvalue weighted by atomic mass is 35.5. The van der Waals surface area contributed by atoms with Gasteiger partial charge >= 0.3 is 0 Å². The number of primary amides is 1. The lowest BCUT2D eigenvalue weighted by atomic mass is 9.84. The van der Waals surface area contributed by atoms with Crippen LogP contribution in [0.4, 0.5) is 17.6 Å². The molecule has 3 heterocycles. The molecule has 5 rings (SSSR count). The van der Waals surface area contributed by atoms with Crippen LogP contribution in [0.15, 0.2) is 18.3 Å². The normalized spacial score (nSPS) is 23.6. The number of rotatable bonds is 7. The largest absolute Gasteiger partial charge is 0.381 e. The van der Waals surface area contributed by atoms with Gasteiger partial charge < -0.3 is 21.1 Å². The number of hydrogen-bond donors (Lipinski definition) is 3. The minimum atomic E-state index is -0.264. The number of benzene rings is 1. The standard InChI is InChI=1S/C26H30Cl2N8O2/c1-14-13-38-7-6-20(14)32-25-31-12-21-24(35-25)36(17-4-2-15(3-5-17)10-22(30)37)26(33-21)34-23-18(27)8-16(11-29)9-19(23)28/h8-9,12,14-15,17,20H,2-7,10,13H2,1H3,(H2,30,37)(H,33,34)(H,31,32,35)/t14-,15-,17+,20-/m0/s1. The summed E-state index contributed by atoms with van der Waals surface area (Å²) in [5.74, 6) is 1.43. The lowest BCUT2D eigenvalue weighted by Crippen LogP contribution is -2.36. The number of anilines is 3. The smallest absolute Gasteiger partial charge is 0.224 e. The molecule has 1 aliphatic heterocycles. The molecule has 38 heavy (non-hydrogen) atoms. The van der Waals surface area contributed by atoms with Crippen molar-refractivity contribution < 1.29 is 9.53 Å². The summed E-state index contributed by atoms with van der Waals surface area (Å²) in [6.45, 7) is 3.56. The Morgan fingerprint density at radius 2 is 1.95 bits per heavy atom. The van der Waals surface area contributed by atoms with E-state index in [9.17, 15) is 10.1 Å². The van der Waals surface area contributed by atoms with E-state index in [0.717, 1.165) is 32.1 Å². The summed E-state index contributed by atoms with van der Waals surface area (Å²) >= 11 is 13.0. The number of nitrogens with one attached hydrogen (secondary N) is 2. The van der Waals surface area contributed by atoms with E-state index in [1.165, 1.54) is 0 Å². The number of imidazole rings is 1. The molecule has 0 bridgehead atoms. The average molecular weight is 557 g/mol. The van der Waals surface area contributed by atoms with Crippen LogP contribution >= 0.6 is 23.2 Å². The summed E-state index contributed by atoms with van der Waals surface area (Å²) < 4.78 is 7.66. The van der Waals surface area contributed by atoms with Gasteiger partial charge in [-0.05, 0) is 56.1 Å². The van der Waals surface area contributed by atoms with Crippen LogP contribution in [0.2, 0.25) is 10.0 Å². The Balaban J connectivity index is 1.51. The van der Waals surface area contributed by atoms with Crippen LogP contribution in [-0.4, -0.2) is 44.7 Å². The lowest BCUT2D eigenvalue weighted by molar-refractivity contribution is -0.119. The van der Waals surface area contributed by atoms with Crippen molar-refractivity contribution in [3.8, 4) is 6.07 Å². The van der Waals surface area contributed by atoms with Crippen LogP contribution in [0.1, 0.15) is 57.1 Å². The third kappa shape index (κ3) is 5.65. The molecule has 1 amide bonds. The molecule has 12 heteroatoms. The number of hydrogen-bond acceptors (Lipinski definition) is 8. The summed E-state index contributed by atoms with van der Waals surface area (Å²) in [7, 11) is 0. The molecule has 1 saturated heterocycles. The SMILES string of the molecule is C[C@H]1COCC[C@@H]1Nc1ncc2nc(Nc3c(Cl)cc(C#N)cc3Cl)n([C@H]3CC[C@@H](CC(N)=O)CC3)c2n1. The first-order chi connectivity index (χ1) is 18.3. The molecule has 0 radical (unpaired) electrons. The van der Waals surface area contributed by atoms with Crippen LogP contribution in [0.3, 0.4) is 0 Å². The molecule has 0 spiro atoms. The maximum atomic E-state index is 11.5. The predicted molar refractivity (Wildman–Crippen MR) is 147 cm³/mol. The molecule has 2 aromatic heterocycles. The molecular formula is C26H30Cl2N8O2. The van der Waals surface area contributed by atoms with Crippen molar-refractivity contribution in [3.05, 3.63) is 33.9 Å². The number of carbonyl (C=O) groups is 1. The molecule has 0 unspecified atom stereocenters. The van der Waals surface area contributed by atoms with Crippen molar-refractivity contribution in [2.75, 3.05) is 23.8 Å². The summed E-state index contributed by atoms with van der Waals surface area (Å²) in [5.41, 5.74) is 7.62. The summed E-state index contributed by atoms with van der Waals surface area (Å²) in [6.07, 6.45) is 6.44. The molecule has 4 N–H and O–H groups in total. The van der Waals surface area contributed by atoms with E-state index in [4.69, 9.17) is 43.6 Å². The van der Waals surface area contributed by atoms with Crippen molar-refractivity contribution in [3.63, 3.8) is 0 Å². The second-order valence-corrected chi connectivity index (χ2v) is 11.0. The molecule has 10 nitrogen and oxygen atoms in total. The van der Waals surface area contributed by atoms with Crippen LogP contribution in [0.25, 0.3) is 11.2 Å². The number of halogens is 2. The molecule has 2 atom stereocenters. The van der Waals surface area contributed by atoms with Gasteiger partial charge in [0.1, 0.15) is 5.52 Å². The maximum absolute atomic E-state index is 11.5. The minimum Gasteiger partial charge on any atom is -0.381 e. The molecule has 1 aliphatic carbocycles. The monoisotopic (exact) mass is 556 g/mol. The molecule has 2 fully saturated rings. The third-order valence-corrected chi connectivity index (χ3v) is 8.06. The van der Waals surface area contributed by atoms with Gasteiger partial charge in [0.25, 0.3) is 0 Å². The fourth-order valence-corrected chi connectivity index (χ4v) is 6.00. The van der Waals surface area contributed by atoms with Gasteiger partial charge in [0.15, 0.2) is 5.65 Å². The predicted octanol–water partition coefficient (Wildman–Crippen LogP) is 5.19. The second kappa shape index (κ2) is 11.3. The van der Waals surface area contributed by atoms with Gasteiger partial charge in [-0.15, -0.1) is 0 Å². The Morgan fingerprint density at radius 3 is 2.61 bits per heavy atom. The molecular weight excluding hydrogens is 527 g/mol. The number of nitriles is 1. The van der Waals surface area contributed by atoms with Crippen molar-refractivity contribution in [2.24, 2.45) is 17.6 Å². The Bertz CT molecular complexity index is 1360. The van der Waals surface area contributed by atoms with Crippen molar-refractivity contribution >= 4 is 57.9 Å². The van der Waals surface area contributed by atoms with E-state index in [0.29, 0.717) is 69.9 Å². The topological polar surface area (TPSA) is 144 Å². The number of nitrogens with two attached hydrogens (primary N) is 1. The van der Waals surface area contributed by atoms with Gasteiger partial charge in [-0.3, -0.25) is 9.36 Å². The van der Waals surface area contributed by atoms with E-state index < -0.39 is 0 Å². The summed E-state index contributed by atoms with van der Waals surface area (Å²) in [6, 6.07) is 5.50. The van der Waals surface area contributed by atoms with Crippen LogP contribution in [0, 0.1) is 23.2 Å². The highest BCUT2D eigenvalue weighted by Gasteiger charge is 2.29. The van der Waals surface area contributed by atoms with E-state index in [-0.39, 0.29) is 23.9 Å². The van der Waals surface area contributed by atoms with Gasteiger partial charge in [0.05, 0.1) is 40.2 Å². The lowest BCUT2D eigenvalue weighted by Gasteiger charge is -2.30. The maximum Gasteiger partial charge on any atom is 0.224 e. The first-order valence-electron chi connectivity index (χ1n) is 12.9. The molecule has 2 aliphatic rings. The van der Waals surface area contributed by atoms with Gasteiger partial charge in [-0.1, -0.05) is 30.1 Å². The molecule has 3 aromatic rings. The van der Waals surface area contributed by atoms with E-state index in [1.54, 1.807) is 18.3 Å². The van der Waals surface area contributed by atoms with E-state index in [1.807, 2.05) is 0 Å². The van der Waals surface area contributed by atoms with Crippen LogP contribution < -0.4 is 16.4 Å². The van der Waals surface area contributed by atoms with Crippen LogP contribution in [-0.2, 0) is 9.53 Å². The number of aromatic nitrogens is 4. The number of carbonyl (C=O) groups excluding carboxylic acids is 1. The highest BCUT2D eigenvalue weighted by molar-refractivity contribution is 6.39. The van der Waals surface area contributed by atoms with Gasteiger partial charge in [0, 0.05) is 25.1 Å². The van der Waals surface area contributed by atoms with E-state index >= 15 is 0 Å². The second-order valence-electron chi connectivity index (χ2n) is 10.2. The Labute approximate surface area is 230 Å². The first-order valence-corrected chi connectivity index (χ1v) is 13.6. The Morgan fingerprint density at radius 1 is 1.21 bits per heavy atom. The number of amides is 1. The van der Waals surface area contributed by atoms with Crippen LogP contribution in [0.5, 0.6) is 0 Å². The summed E-state index contributed by atoms with van der Waals surface area (Å²) in [5, 5.41) is 16.7. The molecule has 200 valence electrons.